The molecule has 0 aliphatic carbocycles. The molecule has 3 nitrogen and oxygen atoms in total. The average molecular weight is 277 g/mol. The van der Waals surface area contributed by atoms with E-state index in [2.05, 4.69) is 16.7 Å². The van der Waals surface area contributed by atoms with Gasteiger partial charge in [-0.1, -0.05) is 6.07 Å². The minimum Gasteiger partial charge on any atom is -0.326 e. The third-order valence-corrected chi connectivity index (χ3v) is 4.83. The van der Waals surface area contributed by atoms with Crippen molar-refractivity contribution in [1.82, 2.24) is 9.80 Å². The molecule has 0 bridgehead atoms. The molecule has 1 aromatic carbocycles. The molecule has 2 aliphatic heterocycles. The Morgan fingerprint density at radius 1 is 1.30 bits per heavy atom. The lowest BCUT2D eigenvalue weighted by molar-refractivity contribution is 0.0538. The van der Waals surface area contributed by atoms with Crippen molar-refractivity contribution in [2.75, 3.05) is 19.6 Å². The van der Waals surface area contributed by atoms with E-state index in [9.17, 15) is 4.39 Å². The predicted molar refractivity (Wildman–Crippen MR) is 78.8 cm³/mol. The molecular formula is C16H24FN3. The topological polar surface area (TPSA) is 32.5 Å². The van der Waals surface area contributed by atoms with Gasteiger partial charge in [-0.15, -0.1) is 0 Å². The summed E-state index contributed by atoms with van der Waals surface area (Å²) >= 11 is 0. The SMILES string of the molecule is CC1CN2CCCC2CN1Cc1cc(F)ccc1CN. The van der Waals surface area contributed by atoms with Crippen LogP contribution in [0, 0.1) is 5.82 Å². The van der Waals surface area contributed by atoms with Crippen molar-refractivity contribution in [2.24, 2.45) is 5.73 Å². The van der Waals surface area contributed by atoms with E-state index in [1.807, 2.05) is 6.07 Å². The number of nitrogens with zero attached hydrogens (tertiary/aromatic N) is 2. The quantitative estimate of drug-likeness (QED) is 0.916. The zero-order valence-electron chi connectivity index (χ0n) is 12.2. The molecule has 2 fully saturated rings. The number of piperazine rings is 1. The molecule has 3 rings (SSSR count). The zero-order valence-corrected chi connectivity index (χ0v) is 12.2. The molecule has 2 N–H and O–H groups in total. The molecule has 110 valence electrons. The lowest BCUT2D eigenvalue weighted by Gasteiger charge is -2.42. The monoisotopic (exact) mass is 277 g/mol. The highest BCUT2D eigenvalue weighted by Crippen LogP contribution is 2.26. The maximum Gasteiger partial charge on any atom is 0.123 e. The fourth-order valence-electron chi connectivity index (χ4n) is 3.63. The fraction of sp³-hybridized carbons (Fsp3) is 0.625. The first-order valence-corrected chi connectivity index (χ1v) is 7.63. The molecule has 2 atom stereocenters. The van der Waals surface area contributed by atoms with Crippen LogP contribution in [-0.4, -0.2) is 41.5 Å². The van der Waals surface area contributed by atoms with Crippen LogP contribution in [0.5, 0.6) is 0 Å². The van der Waals surface area contributed by atoms with Crippen LogP contribution in [0.2, 0.25) is 0 Å². The van der Waals surface area contributed by atoms with Crippen molar-refractivity contribution in [3.05, 3.63) is 35.1 Å². The molecule has 0 spiro atoms. The van der Waals surface area contributed by atoms with E-state index in [0.29, 0.717) is 18.6 Å². The van der Waals surface area contributed by atoms with E-state index in [1.54, 1.807) is 6.07 Å². The standard InChI is InChI=1S/C16H24FN3/c1-12-9-19-6-2-3-16(19)11-20(12)10-14-7-15(17)5-4-13(14)8-18/h4-5,7,12,16H,2-3,6,8-11,18H2,1H3. The number of rotatable bonds is 3. The summed E-state index contributed by atoms with van der Waals surface area (Å²) in [5.41, 5.74) is 7.89. The number of hydrogen-bond acceptors (Lipinski definition) is 3. The van der Waals surface area contributed by atoms with Crippen LogP contribution < -0.4 is 5.73 Å². The van der Waals surface area contributed by atoms with E-state index in [0.717, 1.165) is 30.8 Å². The third kappa shape index (κ3) is 2.73. The van der Waals surface area contributed by atoms with Crippen LogP contribution in [0.4, 0.5) is 4.39 Å². The molecule has 20 heavy (non-hydrogen) atoms. The Kier molecular flexibility index (Phi) is 4.06. The molecule has 2 aliphatic rings. The van der Waals surface area contributed by atoms with E-state index >= 15 is 0 Å². The van der Waals surface area contributed by atoms with Crippen molar-refractivity contribution in [1.29, 1.82) is 0 Å². The van der Waals surface area contributed by atoms with Gasteiger partial charge in [0.2, 0.25) is 0 Å². The summed E-state index contributed by atoms with van der Waals surface area (Å²) in [6.07, 6.45) is 2.62. The van der Waals surface area contributed by atoms with Gasteiger partial charge in [-0.2, -0.15) is 0 Å². The second-order valence-corrected chi connectivity index (χ2v) is 6.19. The van der Waals surface area contributed by atoms with Gasteiger partial charge in [-0.05, 0) is 49.6 Å². The lowest BCUT2D eigenvalue weighted by Crippen LogP contribution is -2.54. The molecular weight excluding hydrogens is 253 g/mol. The zero-order chi connectivity index (χ0) is 14.1. The molecule has 0 radical (unpaired) electrons. The first-order valence-electron chi connectivity index (χ1n) is 7.63. The van der Waals surface area contributed by atoms with Gasteiger partial charge in [0.15, 0.2) is 0 Å². The van der Waals surface area contributed by atoms with Gasteiger partial charge < -0.3 is 5.73 Å². The molecule has 2 unspecified atom stereocenters. The third-order valence-electron chi connectivity index (χ3n) is 4.83. The van der Waals surface area contributed by atoms with Gasteiger partial charge in [-0.25, -0.2) is 4.39 Å². The van der Waals surface area contributed by atoms with Gasteiger partial charge in [0, 0.05) is 38.3 Å². The van der Waals surface area contributed by atoms with Crippen LogP contribution in [0.15, 0.2) is 18.2 Å². The Morgan fingerprint density at radius 2 is 2.15 bits per heavy atom. The second-order valence-electron chi connectivity index (χ2n) is 6.19. The van der Waals surface area contributed by atoms with E-state index < -0.39 is 0 Å². The van der Waals surface area contributed by atoms with Gasteiger partial charge in [0.1, 0.15) is 5.82 Å². The number of fused-ring (bicyclic) bond motifs is 1. The summed E-state index contributed by atoms with van der Waals surface area (Å²) in [6, 6.07) is 6.19. The minimum atomic E-state index is -0.163. The van der Waals surface area contributed by atoms with Crippen molar-refractivity contribution in [2.45, 2.75) is 44.9 Å². The largest absolute Gasteiger partial charge is 0.326 e. The van der Waals surface area contributed by atoms with E-state index in [1.165, 1.54) is 25.5 Å². The molecule has 2 heterocycles. The van der Waals surface area contributed by atoms with Crippen LogP contribution in [0.1, 0.15) is 30.9 Å². The van der Waals surface area contributed by atoms with Crippen LogP contribution in [0.25, 0.3) is 0 Å². The van der Waals surface area contributed by atoms with Gasteiger partial charge >= 0.3 is 0 Å². The Bertz CT molecular complexity index is 477. The normalized spacial score (nSPS) is 27.8. The molecule has 0 saturated carbocycles. The van der Waals surface area contributed by atoms with Gasteiger partial charge in [0.05, 0.1) is 0 Å². The highest BCUT2D eigenvalue weighted by Gasteiger charge is 2.34. The number of benzene rings is 1. The smallest absolute Gasteiger partial charge is 0.123 e. The molecule has 1 aromatic rings. The molecule has 0 aromatic heterocycles. The Morgan fingerprint density at radius 3 is 2.95 bits per heavy atom. The number of halogens is 1. The van der Waals surface area contributed by atoms with Crippen molar-refractivity contribution >= 4 is 0 Å². The van der Waals surface area contributed by atoms with Crippen LogP contribution >= 0.6 is 0 Å². The van der Waals surface area contributed by atoms with E-state index in [-0.39, 0.29) is 5.82 Å². The summed E-state index contributed by atoms with van der Waals surface area (Å²) in [5.74, 6) is -0.163. The van der Waals surface area contributed by atoms with Crippen molar-refractivity contribution in [3.63, 3.8) is 0 Å². The van der Waals surface area contributed by atoms with E-state index in [4.69, 9.17) is 5.73 Å². The van der Waals surface area contributed by atoms with Crippen molar-refractivity contribution in [3.8, 4) is 0 Å². The summed E-state index contributed by atoms with van der Waals surface area (Å²) in [4.78, 5) is 5.09. The van der Waals surface area contributed by atoms with Crippen LogP contribution in [0.3, 0.4) is 0 Å². The maximum absolute atomic E-state index is 13.5. The average Bonchev–Trinajstić information content (AvgIpc) is 2.86. The fourth-order valence-corrected chi connectivity index (χ4v) is 3.63. The van der Waals surface area contributed by atoms with Gasteiger partial charge in [0.25, 0.3) is 0 Å². The lowest BCUT2D eigenvalue weighted by atomic mass is 10.0. The molecule has 4 heteroatoms. The molecule has 0 amide bonds. The van der Waals surface area contributed by atoms with Crippen molar-refractivity contribution < 1.29 is 4.39 Å². The minimum absolute atomic E-state index is 0.163. The highest BCUT2D eigenvalue weighted by atomic mass is 19.1. The number of hydrogen-bond donors (Lipinski definition) is 1. The first kappa shape index (κ1) is 14.0. The summed E-state index contributed by atoms with van der Waals surface area (Å²) < 4.78 is 13.5. The van der Waals surface area contributed by atoms with Crippen LogP contribution in [-0.2, 0) is 13.1 Å². The first-order chi connectivity index (χ1) is 9.67. The summed E-state index contributed by atoms with van der Waals surface area (Å²) in [6.45, 7) is 7.05. The van der Waals surface area contributed by atoms with Gasteiger partial charge in [-0.3, -0.25) is 9.80 Å². The Labute approximate surface area is 120 Å². The summed E-state index contributed by atoms with van der Waals surface area (Å²) in [7, 11) is 0. The maximum atomic E-state index is 13.5. The highest BCUT2D eigenvalue weighted by molar-refractivity contribution is 5.28. The second kappa shape index (κ2) is 5.80. The summed E-state index contributed by atoms with van der Waals surface area (Å²) in [5, 5.41) is 0. The Hall–Kier alpha value is -0.970. The predicted octanol–water partition coefficient (Wildman–Crippen LogP) is 1.95. The number of nitrogens with two attached hydrogens (primary N) is 1. The molecule has 2 saturated heterocycles. The Balaban J connectivity index is 1.75.